The van der Waals surface area contributed by atoms with Crippen LogP contribution in [0.2, 0.25) is 5.02 Å². The van der Waals surface area contributed by atoms with Crippen molar-refractivity contribution in [1.82, 2.24) is 30.5 Å². The summed E-state index contributed by atoms with van der Waals surface area (Å²) >= 11 is 6.51. The zero-order valence-electron chi connectivity index (χ0n) is 22.2. The Morgan fingerprint density at radius 3 is 2.45 bits per heavy atom. The Balaban J connectivity index is 1.38. The van der Waals surface area contributed by atoms with Crippen molar-refractivity contribution in [1.29, 1.82) is 0 Å². The fraction of sp³-hybridized carbons (Fsp3) is 0.481. The number of nitrogens with one attached hydrogen (secondary N) is 2. The minimum atomic E-state index is -4.64. The minimum absolute atomic E-state index is 0.113. The zero-order valence-corrected chi connectivity index (χ0v) is 23.0. The molecular formula is C27H31ClF3N7O2. The van der Waals surface area contributed by atoms with E-state index in [1.807, 2.05) is 17.0 Å². The zero-order chi connectivity index (χ0) is 28.4. The number of nitrogens with zero attached hydrogens (tertiary/aromatic N) is 5. The summed E-state index contributed by atoms with van der Waals surface area (Å²) in [6.07, 6.45) is -2.31. The van der Waals surface area contributed by atoms with Crippen molar-refractivity contribution < 1.29 is 22.7 Å². The molecule has 0 aliphatic carbocycles. The summed E-state index contributed by atoms with van der Waals surface area (Å²) in [4.78, 5) is 29.6. The number of carbonyl (C=O) groups excluding carboxylic acids is 1. The Bertz CT molecular complexity index is 1340. The molecule has 2 N–H and O–H groups in total. The first-order valence-corrected chi connectivity index (χ1v) is 13.6. The van der Waals surface area contributed by atoms with Crippen LogP contribution in [0.25, 0.3) is 10.9 Å². The number of morpholine rings is 1. The van der Waals surface area contributed by atoms with Gasteiger partial charge in [0, 0.05) is 68.2 Å². The molecule has 3 aromatic rings. The third-order valence-electron chi connectivity index (χ3n) is 7.17. The van der Waals surface area contributed by atoms with Crippen LogP contribution in [-0.4, -0.2) is 83.8 Å². The minimum Gasteiger partial charge on any atom is -0.379 e. The normalized spacial score (nSPS) is 21.4. The molecule has 2 saturated heterocycles. The summed E-state index contributed by atoms with van der Waals surface area (Å²) in [5.41, 5.74) is 1.40. The Kier molecular flexibility index (Phi) is 8.41. The number of halogens is 4. The summed E-state index contributed by atoms with van der Waals surface area (Å²) in [7, 11) is 0. The number of amides is 1. The third kappa shape index (κ3) is 6.30. The average Bonchev–Trinajstić information content (AvgIpc) is 2.92. The van der Waals surface area contributed by atoms with E-state index in [1.54, 1.807) is 12.1 Å². The molecular weight excluding hydrogens is 547 g/mol. The van der Waals surface area contributed by atoms with Crippen molar-refractivity contribution in [2.24, 2.45) is 0 Å². The van der Waals surface area contributed by atoms with Gasteiger partial charge in [0.1, 0.15) is 5.82 Å². The topological polar surface area (TPSA) is 95.5 Å². The fourth-order valence-electron chi connectivity index (χ4n) is 5.37. The van der Waals surface area contributed by atoms with Gasteiger partial charge in [-0.15, -0.1) is 0 Å². The lowest BCUT2D eigenvalue weighted by molar-refractivity contribution is -0.145. The van der Waals surface area contributed by atoms with E-state index in [1.165, 1.54) is 0 Å². The van der Waals surface area contributed by atoms with E-state index in [0.29, 0.717) is 60.4 Å². The second-order valence-corrected chi connectivity index (χ2v) is 10.7. The molecule has 1 amide bonds. The third-order valence-corrected chi connectivity index (χ3v) is 7.48. The first-order chi connectivity index (χ1) is 19.1. The maximum absolute atomic E-state index is 13.5. The first-order valence-electron chi connectivity index (χ1n) is 13.2. The number of hydrogen-bond donors (Lipinski definition) is 2. The van der Waals surface area contributed by atoms with Gasteiger partial charge in [-0.3, -0.25) is 9.69 Å². The second-order valence-electron chi connectivity index (χ2n) is 10.2. The lowest BCUT2D eigenvalue weighted by atomic mass is 10.1. The van der Waals surface area contributed by atoms with E-state index >= 15 is 0 Å². The Hall–Kier alpha value is -3.06. The standard InChI is InChI=1S/C27H31ClF3N7O2/c1-16-14-38(15-17(2)35-16)23-6-3-19-21(36-23)5-4-20(28)24(19)25(39)32-13-22(37-7-9-40-10-8-37)18-11-33-26(34-12-18)27(29,30)31/h3-6,11-12,16-17,22,35H,7-10,13-15H2,1-2H3,(H,32,39). The number of fused-ring (bicyclic) bond motifs is 1. The van der Waals surface area contributed by atoms with Crippen LogP contribution in [0.15, 0.2) is 36.7 Å². The molecule has 2 aliphatic heterocycles. The quantitative estimate of drug-likeness (QED) is 0.458. The van der Waals surface area contributed by atoms with Crippen LogP contribution in [-0.2, 0) is 10.9 Å². The number of ether oxygens (including phenoxy) is 1. The van der Waals surface area contributed by atoms with Gasteiger partial charge in [0.15, 0.2) is 0 Å². The van der Waals surface area contributed by atoms with Gasteiger partial charge in [-0.2, -0.15) is 13.2 Å². The summed E-state index contributed by atoms with van der Waals surface area (Å²) in [6, 6.07) is 7.40. The largest absolute Gasteiger partial charge is 0.451 e. The van der Waals surface area contributed by atoms with Crippen molar-refractivity contribution in [3.05, 3.63) is 58.6 Å². The maximum atomic E-state index is 13.5. The van der Waals surface area contributed by atoms with Gasteiger partial charge < -0.3 is 20.3 Å². The summed E-state index contributed by atoms with van der Waals surface area (Å²) in [6.45, 7) is 8.06. The van der Waals surface area contributed by atoms with Crippen LogP contribution in [0.1, 0.15) is 41.6 Å². The molecule has 4 heterocycles. The van der Waals surface area contributed by atoms with Crippen LogP contribution in [0, 0.1) is 0 Å². The number of hydrogen-bond acceptors (Lipinski definition) is 8. The van der Waals surface area contributed by atoms with E-state index in [0.717, 1.165) is 31.3 Å². The maximum Gasteiger partial charge on any atom is 0.451 e. The van der Waals surface area contributed by atoms with Crippen molar-refractivity contribution >= 4 is 34.2 Å². The predicted octanol–water partition coefficient (Wildman–Crippen LogP) is 3.69. The molecule has 13 heteroatoms. The van der Waals surface area contributed by atoms with Crippen LogP contribution >= 0.6 is 11.6 Å². The molecule has 3 atom stereocenters. The Labute approximate surface area is 235 Å². The Morgan fingerprint density at radius 1 is 1.12 bits per heavy atom. The number of rotatable bonds is 6. The van der Waals surface area contributed by atoms with Crippen LogP contribution in [0.4, 0.5) is 19.0 Å². The number of anilines is 1. The number of benzene rings is 1. The highest BCUT2D eigenvalue weighted by molar-refractivity contribution is 6.35. The van der Waals surface area contributed by atoms with Gasteiger partial charge in [-0.25, -0.2) is 15.0 Å². The lowest BCUT2D eigenvalue weighted by Gasteiger charge is -2.37. The number of pyridine rings is 1. The molecule has 0 radical (unpaired) electrons. The molecule has 2 fully saturated rings. The van der Waals surface area contributed by atoms with Gasteiger partial charge in [-0.05, 0) is 38.1 Å². The number of alkyl halides is 3. The van der Waals surface area contributed by atoms with Crippen LogP contribution in [0.5, 0.6) is 0 Å². The van der Waals surface area contributed by atoms with Gasteiger partial charge in [0.05, 0.1) is 35.4 Å². The van der Waals surface area contributed by atoms with Crippen molar-refractivity contribution in [3.8, 4) is 0 Å². The van der Waals surface area contributed by atoms with Crippen molar-refractivity contribution in [2.75, 3.05) is 50.8 Å². The molecule has 5 rings (SSSR count). The van der Waals surface area contributed by atoms with Crippen molar-refractivity contribution in [2.45, 2.75) is 38.1 Å². The van der Waals surface area contributed by atoms with Gasteiger partial charge in [0.25, 0.3) is 5.91 Å². The summed E-state index contributed by atoms with van der Waals surface area (Å²) < 4.78 is 44.5. The highest BCUT2D eigenvalue weighted by Gasteiger charge is 2.35. The molecule has 9 nitrogen and oxygen atoms in total. The first kappa shape index (κ1) is 28.5. The highest BCUT2D eigenvalue weighted by atomic mass is 35.5. The molecule has 2 aromatic heterocycles. The van der Waals surface area contributed by atoms with Crippen LogP contribution < -0.4 is 15.5 Å². The van der Waals surface area contributed by atoms with E-state index < -0.39 is 23.9 Å². The molecule has 214 valence electrons. The summed E-state index contributed by atoms with van der Waals surface area (Å²) in [5, 5.41) is 7.34. The molecule has 0 bridgehead atoms. The summed E-state index contributed by atoms with van der Waals surface area (Å²) in [5.74, 6) is -0.781. The van der Waals surface area contributed by atoms with Gasteiger partial charge in [0.2, 0.25) is 5.82 Å². The predicted molar refractivity (Wildman–Crippen MR) is 146 cm³/mol. The number of piperazine rings is 1. The molecule has 2 aliphatic rings. The van der Waals surface area contributed by atoms with E-state index in [-0.39, 0.29) is 11.6 Å². The molecule has 40 heavy (non-hydrogen) atoms. The van der Waals surface area contributed by atoms with Gasteiger partial charge in [-0.1, -0.05) is 11.6 Å². The SMILES string of the molecule is CC1CN(c2ccc3c(C(=O)NCC(c4cnc(C(F)(F)F)nc4)N4CCOCC4)c(Cl)ccc3n2)CC(C)N1. The molecule has 3 unspecified atom stereocenters. The van der Waals surface area contributed by atoms with E-state index in [4.69, 9.17) is 21.3 Å². The Morgan fingerprint density at radius 2 is 1.80 bits per heavy atom. The second kappa shape index (κ2) is 11.8. The van der Waals surface area contributed by atoms with Crippen molar-refractivity contribution in [3.63, 3.8) is 0 Å². The van der Waals surface area contributed by atoms with Crippen LogP contribution in [0.3, 0.4) is 0 Å². The lowest BCUT2D eigenvalue weighted by Crippen LogP contribution is -2.54. The van der Waals surface area contributed by atoms with E-state index in [2.05, 4.69) is 39.3 Å². The molecule has 0 spiro atoms. The average molecular weight is 578 g/mol. The molecule has 1 aromatic carbocycles. The molecule has 0 saturated carbocycles. The monoisotopic (exact) mass is 577 g/mol. The smallest absolute Gasteiger partial charge is 0.379 e. The fourth-order valence-corrected chi connectivity index (χ4v) is 5.62. The number of aromatic nitrogens is 3. The van der Waals surface area contributed by atoms with E-state index in [9.17, 15) is 18.0 Å². The van der Waals surface area contributed by atoms with Gasteiger partial charge >= 0.3 is 6.18 Å². The highest BCUT2D eigenvalue weighted by Crippen LogP contribution is 2.30. The number of carbonyl (C=O) groups is 1.